The van der Waals surface area contributed by atoms with Crippen molar-refractivity contribution in [2.75, 3.05) is 0 Å². The summed E-state index contributed by atoms with van der Waals surface area (Å²) in [7, 11) is 0. The average molecular weight is 291 g/mol. The van der Waals surface area contributed by atoms with Gasteiger partial charge in [-0.2, -0.15) is 5.10 Å². The van der Waals surface area contributed by atoms with E-state index in [9.17, 15) is 4.79 Å². The van der Waals surface area contributed by atoms with Gasteiger partial charge in [0, 0.05) is 17.5 Å². The van der Waals surface area contributed by atoms with Crippen LogP contribution < -0.4 is 11.3 Å². The lowest BCUT2D eigenvalue weighted by molar-refractivity contribution is 0.623. The van der Waals surface area contributed by atoms with Crippen LogP contribution >= 0.6 is 0 Å². The van der Waals surface area contributed by atoms with E-state index in [-0.39, 0.29) is 12.1 Å². The molecule has 0 radical (unpaired) electrons. The number of benzene rings is 2. The fourth-order valence-corrected chi connectivity index (χ4v) is 2.52. The van der Waals surface area contributed by atoms with E-state index < -0.39 is 0 Å². The molecule has 0 amide bonds. The second-order valence-electron chi connectivity index (χ2n) is 5.28. The first-order valence-corrected chi connectivity index (χ1v) is 7.11. The zero-order valence-corrected chi connectivity index (χ0v) is 12.2. The van der Waals surface area contributed by atoms with Gasteiger partial charge in [-0.1, -0.05) is 55.1 Å². The summed E-state index contributed by atoms with van der Waals surface area (Å²) in [5.74, 6) is 0. The van der Waals surface area contributed by atoms with Crippen LogP contribution in [0.25, 0.3) is 10.8 Å². The van der Waals surface area contributed by atoms with Gasteiger partial charge in [-0.05, 0) is 11.6 Å². The van der Waals surface area contributed by atoms with Crippen LogP contribution in [0, 0.1) is 0 Å². The number of rotatable bonds is 4. The van der Waals surface area contributed by atoms with E-state index in [2.05, 4.69) is 11.7 Å². The second kappa shape index (κ2) is 5.85. The predicted molar refractivity (Wildman–Crippen MR) is 88.6 cm³/mol. The predicted octanol–water partition coefficient (Wildman–Crippen LogP) is 2.46. The minimum absolute atomic E-state index is 0.140. The molecule has 0 aliphatic rings. The van der Waals surface area contributed by atoms with Gasteiger partial charge in [0.2, 0.25) is 0 Å². The Balaban J connectivity index is 2.17. The summed E-state index contributed by atoms with van der Waals surface area (Å²) in [6, 6.07) is 17.6. The monoisotopic (exact) mass is 291 g/mol. The Bertz CT molecular complexity index is 882. The molecule has 110 valence electrons. The van der Waals surface area contributed by atoms with Crippen molar-refractivity contribution in [1.82, 2.24) is 9.78 Å². The molecule has 0 aliphatic carbocycles. The van der Waals surface area contributed by atoms with E-state index in [1.165, 1.54) is 4.68 Å². The van der Waals surface area contributed by atoms with Crippen LogP contribution in [0.4, 0.5) is 0 Å². The molecule has 0 aliphatic heterocycles. The molecule has 22 heavy (non-hydrogen) atoms. The van der Waals surface area contributed by atoms with E-state index in [1.807, 2.05) is 54.6 Å². The standard InChI is InChI=1S/C18H17N3O/c1-13(19)12-21-18(22)16-10-6-5-9-15(16)17(20-21)11-14-7-3-2-4-8-14/h2-10H,1,11-12,19H2. The number of nitrogens with two attached hydrogens (primary N) is 1. The summed E-state index contributed by atoms with van der Waals surface area (Å²) in [6.45, 7) is 3.89. The van der Waals surface area contributed by atoms with Gasteiger partial charge in [0.05, 0.1) is 17.6 Å². The minimum Gasteiger partial charge on any atom is -0.401 e. The second-order valence-corrected chi connectivity index (χ2v) is 5.28. The molecule has 2 N–H and O–H groups in total. The van der Waals surface area contributed by atoms with Crippen LogP contribution in [-0.4, -0.2) is 9.78 Å². The Morgan fingerprint density at radius 1 is 1.05 bits per heavy atom. The van der Waals surface area contributed by atoms with E-state index in [1.54, 1.807) is 0 Å². The van der Waals surface area contributed by atoms with Gasteiger partial charge >= 0.3 is 0 Å². The molecule has 4 heteroatoms. The summed E-state index contributed by atoms with van der Waals surface area (Å²) >= 11 is 0. The lowest BCUT2D eigenvalue weighted by atomic mass is 10.0. The molecule has 0 fully saturated rings. The van der Waals surface area contributed by atoms with Crippen molar-refractivity contribution in [3.63, 3.8) is 0 Å². The Hall–Kier alpha value is -2.88. The number of allylic oxidation sites excluding steroid dienone is 1. The van der Waals surface area contributed by atoms with Crippen molar-refractivity contribution < 1.29 is 0 Å². The third kappa shape index (κ3) is 2.76. The average Bonchev–Trinajstić information content (AvgIpc) is 2.52. The van der Waals surface area contributed by atoms with E-state index in [0.29, 0.717) is 17.5 Å². The van der Waals surface area contributed by atoms with Crippen molar-refractivity contribution in [1.29, 1.82) is 0 Å². The van der Waals surface area contributed by atoms with Crippen molar-refractivity contribution in [2.24, 2.45) is 5.73 Å². The highest BCUT2D eigenvalue weighted by Gasteiger charge is 2.10. The van der Waals surface area contributed by atoms with Crippen molar-refractivity contribution in [2.45, 2.75) is 13.0 Å². The molecular weight excluding hydrogens is 274 g/mol. The van der Waals surface area contributed by atoms with Gasteiger partial charge in [0.1, 0.15) is 0 Å². The number of aromatic nitrogens is 2. The van der Waals surface area contributed by atoms with Crippen molar-refractivity contribution in [3.8, 4) is 0 Å². The van der Waals surface area contributed by atoms with Crippen LogP contribution in [0.5, 0.6) is 0 Å². The highest BCUT2D eigenvalue weighted by Crippen LogP contribution is 2.16. The topological polar surface area (TPSA) is 60.9 Å². The smallest absolute Gasteiger partial charge is 0.275 e. The third-order valence-electron chi connectivity index (χ3n) is 3.51. The number of hydrogen-bond acceptors (Lipinski definition) is 3. The quantitative estimate of drug-likeness (QED) is 0.803. The van der Waals surface area contributed by atoms with Crippen LogP contribution in [0.2, 0.25) is 0 Å². The third-order valence-corrected chi connectivity index (χ3v) is 3.51. The van der Waals surface area contributed by atoms with Crippen LogP contribution in [0.15, 0.2) is 71.7 Å². The molecule has 3 rings (SSSR count). The molecular formula is C18H17N3O. The molecule has 0 atom stereocenters. The van der Waals surface area contributed by atoms with E-state index in [4.69, 9.17) is 5.73 Å². The Morgan fingerprint density at radius 3 is 2.36 bits per heavy atom. The van der Waals surface area contributed by atoms with Gasteiger partial charge < -0.3 is 5.73 Å². The highest BCUT2D eigenvalue weighted by atomic mass is 16.1. The van der Waals surface area contributed by atoms with Gasteiger partial charge in [0.25, 0.3) is 5.56 Å². The molecule has 0 spiro atoms. The molecule has 3 aromatic rings. The lowest BCUT2D eigenvalue weighted by Crippen LogP contribution is -2.26. The minimum atomic E-state index is -0.140. The normalized spacial score (nSPS) is 10.7. The summed E-state index contributed by atoms with van der Waals surface area (Å²) in [4.78, 5) is 12.5. The first kappa shape index (κ1) is 14.1. The molecule has 1 heterocycles. The summed E-state index contributed by atoms with van der Waals surface area (Å²) in [6.07, 6.45) is 0.665. The van der Waals surface area contributed by atoms with E-state index in [0.717, 1.165) is 16.6 Å². The van der Waals surface area contributed by atoms with Gasteiger partial charge in [-0.15, -0.1) is 0 Å². The van der Waals surface area contributed by atoms with Gasteiger partial charge in [0.15, 0.2) is 0 Å². The fraction of sp³-hybridized carbons (Fsp3) is 0.111. The zero-order valence-electron chi connectivity index (χ0n) is 12.2. The number of hydrogen-bond donors (Lipinski definition) is 1. The maximum absolute atomic E-state index is 12.5. The maximum Gasteiger partial charge on any atom is 0.275 e. The number of nitrogens with zero attached hydrogens (tertiary/aromatic N) is 2. The van der Waals surface area contributed by atoms with Gasteiger partial charge in [-0.3, -0.25) is 4.79 Å². The van der Waals surface area contributed by atoms with E-state index >= 15 is 0 Å². The molecule has 4 nitrogen and oxygen atoms in total. The maximum atomic E-state index is 12.5. The summed E-state index contributed by atoms with van der Waals surface area (Å²) in [5, 5.41) is 6.04. The van der Waals surface area contributed by atoms with Crippen LogP contribution in [0.1, 0.15) is 11.3 Å². The fourth-order valence-electron chi connectivity index (χ4n) is 2.52. The highest BCUT2D eigenvalue weighted by molar-refractivity contribution is 5.83. The Labute approximate surface area is 128 Å². The molecule has 0 bridgehead atoms. The lowest BCUT2D eigenvalue weighted by Gasteiger charge is -2.11. The largest absolute Gasteiger partial charge is 0.401 e. The summed E-state index contributed by atoms with van der Waals surface area (Å²) < 4.78 is 1.39. The Kier molecular flexibility index (Phi) is 3.74. The zero-order chi connectivity index (χ0) is 15.5. The molecule has 2 aromatic carbocycles. The molecule has 0 saturated carbocycles. The number of fused-ring (bicyclic) bond motifs is 1. The SMILES string of the molecule is C=C(N)Cn1nc(Cc2ccccc2)c2ccccc2c1=O. The van der Waals surface area contributed by atoms with Crippen molar-refractivity contribution in [3.05, 3.63) is 88.5 Å². The van der Waals surface area contributed by atoms with Crippen molar-refractivity contribution >= 4 is 10.8 Å². The van der Waals surface area contributed by atoms with Crippen LogP contribution in [0.3, 0.4) is 0 Å². The first-order valence-electron chi connectivity index (χ1n) is 7.11. The molecule has 0 saturated heterocycles. The van der Waals surface area contributed by atoms with Crippen LogP contribution in [-0.2, 0) is 13.0 Å². The Morgan fingerprint density at radius 2 is 1.68 bits per heavy atom. The first-order chi connectivity index (χ1) is 10.6. The summed E-state index contributed by atoms with van der Waals surface area (Å²) in [5.41, 5.74) is 7.93. The molecule has 1 aromatic heterocycles. The van der Waals surface area contributed by atoms with Gasteiger partial charge in [-0.25, -0.2) is 4.68 Å². The molecule has 0 unspecified atom stereocenters.